The second-order valence-electron chi connectivity index (χ2n) is 7.67. The molecule has 2 heterocycles. The van der Waals surface area contributed by atoms with Crippen LogP contribution in [0.15, 0.2) is 54.6 Å². The molecule has 0 unspecified atom stereocenters. The highest BCUT2D eigenvalue weighted by Crippen LogP contribution is 2.19. The third kappa shape index (κ3) is 4.98. The van der Waals surface area contributed by atoms with E-state index in [1.165, 1.54) is 16.8 Å². The molecule has 0 radical (unpaired) electrons. The SMILES string of the molecule is Cn1nc(C(=O)N2CCN(Cc3ccc(F)cc3)CC2)cc1NC(=O)c1ccccc1Cl. The van der Waals surface area contributed by atoms with Gasteiger partial charge in [-0.1, -0.05) is 35.9 Å². The Bertz CT molecular complexity index is 1120. The fourth-order valence-electron chi connectivity index (χ4n) is 3.64. The van der Waals surface area contributed by atoms with Crippen LogP contribution in [0.4, 0.5) is 10.2 Å². The average molecular weight is 456 g/mol. The van der Waals surface area contributed by atoms with Crippen molar-refractivity contribution in [2.45, 2.75) is 6.54 Å². The molecule has 0 saturated carbocycles. The summed E-state index contributed by atoms with van der Waals surface area (Å²) in [5, 5.41) is 7.38. The lowest BCUT2D eigenvalue weighted by atomic mass is 10.2. The highest BCUT2D eigenvalue weighted by atomic mass is 35.5. The first-order chi connectivity index (χ1) is 15.4. The molecule has 2 amide bonds. The van der Waals surface area contributed by atoms with Gasteiger partial charge in [0, 0.05) is 45.8 Å². The molecule has 0 atom stereocenters. The number of nitrogens with zero attached hydrogens (tertiary/aromatic N) is 4. The van der Waals surface area contributed by atoms with Crippen molar-refractivity contribution >= 4 is 29.2 Å². The minimum absolute atomic E-state index is 0.180. The zero-order valence-electron chi connectivity index (χ0n) is 17.6. The number of rotatable bonds is 5. The number of hydrogen-bond donors (Lipinski definition) is 1. The molecule has 1 saturated heterocycles. The summed E-state index contributed by atoms with van der Waals surface area (Å²) >= 11 is 6.09. The number of benzene rings is 2. The number of piperazine rings is 1. The lowest BCUT2D eigenvalue weighted by Gasteiger charge is -2.34. The quantitative estimate of drug-likeness (QED) is 0.640. The van der Waals surface area contributed by atoms with E-state index in [1.807, 2.05) is 0 Å². The second kappa shape index (κ2) is 9.50. The van der Waals surface area contributed by atoms with Crippen LogP contribution in [-0.2, 0) is 13.6 Å². The summed E-state index contributed by atoms with van der Waals surface area (Å²) in [6.45, 7) is 3.28. The summed E-state index contributed by atoms with van der Waals surface area (Å²) in [5.74, 6) is -0.387. The van der Waals surface area contributed by atoms with Crippen LogP contribution < -0.4 is 5.32 Å². The van der Waals surface area contributed by atoms with Crippen LogP contribution in [0.1, 0.15) is 26.4 Å². The van der Waals surface area contributed by atoms with Crippen LogP contribution in [0.3, 0.4) is 0 Å². The van der Waals surface area contributed by atoms with Crippen molar-refractivity contribution in [2.24, 2.45) is 7.05 Å². The van der Waals surface area contributed by atoms with E-state index in [2.05, 4.69) is 15.3 Å². The van der Waals surface area contributed by atoms with Crippen molar-refractivity contribution in [1.82, 2.24) is 19.6 Å². The Labute approximate surface area is 190 Å². The molecule has 0 bridgehead atoms. The van der Waals surface area contributed by atoms with Crippen LogP contribution >= 0.6 is 11.6 Å². The maximum atomic E-state index is 13.1. The third-order valence-corrected chi connectivity index (χ3v) is 5.77. The van der Waals surface area contributed by atoms with E-state index < -0.39 is 0 Å². The first-order valence-corrected chi connectivity index (χ1v) is 10.6. The number of carbonyl (C=O) groups excluding carboxylic acids is 2. The van der Waals surface area contributed by atoms with Crippen LogP contribution in [0.2, 0.25) is 5.02 Å². The molecule has 1 aromatic heterocycles. The van der Waals surface area contributed by atoms with Crippen molar-refractivity contribution in [1.29, 1.82) is 0 Å². The number of halogens is 2. The molecule has 1 fully saturated rings. The molecule has 0 spiro atoms. The second-order valence-corrected chi connectivity index (χ2v) is 8.07. The monoisotopic (exact) mass is 455 g/mol. The van der Waals surface area contributed by atoms with Crippen molar-refractivity contribution in [2.75, 3.05) is 31.5 Å². The zero-order valence-corrected chi connectivity index (χ0v) is 18.3. The summed E-state index contributed by atoms with van der Waals surface area (Å²) in [7, 11) is 1.67. The molecule has 166 valence electrons. The molecule has 1 N–H and O–H groups in total. The number of aromatic nitrogens is 2. The Morgan fingerprint density at radius 1 is 1.06 bits per heavy atom. The third-order valence-electron chi connectivity index (χ3n) is 5.44. The van der Waals surface area contributed by atoms with Gasteiger partial charge in [-0.25, -0.2) is 4.39 Å². The van der Waals surface area contributed by atoms with Crippen molar-refractivity contribution in [3.63, 3.8) is 0 Å². The molecule has 1 aliphatic rings. The van der Waals surface area contributed by atoms with Crippen LogP contribution in [-0.4, -0.2) is 57.6 Å². The number of anilines is 1. The fourth-order valence-corrected chi connectivity index (χ4v) is 3.86. The van der Waals surface area contributed by atoms with Crippen LogP contribution in [0, 0.1) is 5.82 Å². The van der Waals surface area contributed by atoms with Crippen LogP contribution in [0.25, 0.3) is 0 Å². The van der Waals surface area contributed by atoms with E-state index in [9.17, 15) is 14.0 Å². The van der Waals surface area contributed by atoms with Gasteiger partial charge in [0.25, 0.3) is 11.8 Å². The Morgan fingerprint density at radius 3 is 2.44 bits per heavy atom. The average Bonchev–Trinajstić information content (AvgIpc) is 3.15. The molecule has 4 rings (SSSR count). The van der Waals surface area contributed by atoms with E-state index in [-0.39, 0.29) is 23.3 Å². The number of carbonyl (C=O) groups is 2. The maximum Gasteiger partial charge on any atom is 0.274 e. The van der Waals surface area contributed by atoms with Gasteiger partial charge in [0.2, 0.25) is 0 Å². The minimum atomic E-state index is -0.369. The van der Waals surface area contributed by atoms with Crippen molar-refractivity contribution in [3.8, 4) is 0 Å². The smallest absolute Gasteiger partial charge is 0.274 e. The number of nitrogens with one attached hydrogen (secondary N) is 1. The molecular weight excluding hydrogens is 433 g/mol. The zero-order chi connectivity index (χ0) is 22.7. The van der Waals surface area contributed by atoms with Crippen molar-refractivity contribution in [3.05, 3.63) is 82.3 Å². The van der Waals surface area contributed by atoms with Gasteiger partial charge >= 0.3 is 0 Å². The Morgan fingerprint density at radius 2 is 1.75 bits per heavy atom. The highest BCUT2D eigenvalue weighted by molar-refractivity contribution is 6.34. The number of hydrogen-bond acceptors (Lipinski definition) is 4. The van der Waals surface area contributed by atoms with E-state index in [0.29, 0.717) is 49.1 Å². The van der Waals surface area contributed by atoms with Gasteiger partial charge < -0.3 is 10.2 Å². The Hall–Kier alpha value is -3.23. The lowest BCUT2D eigenvalue weighted by Crippen LogP contribution is -2.48. The molecular formula is C23H23ClFN5O2. The molecule has 2 aromatic carbocycles. The highest BCUT2D eigenvalue weighted by Gasteiger charge is 2.25. The van der Waals surface area contributed by atoms with E-state index >= 15 is 0 Å². The van der Waals surface area contributed by atoms with E-state index in [0.717, 1.165) is 5.56 Å². The van der Waals surface area contributed by atoms with Gasteiger partial charge in [0.05, 0.1) is 10.6 Å². The topological polar surface area (TPSA) is 70.5 Å². The maximum absolute atomic E-state index is 13.1. The van der Waals surface area contributed by atoms with E-state index in [4.69, 9.17) is 11.6 Å². The summed E-state index contributed by atoms with van der Waals surface area (Å²) in [5.41, 5.74) is 1.66. The van der Waals surface area contributed by atoms with Gasteiger partial charge in [-0.05, 0) is 29.8 Å². The molecule has 32 heavy (non-hydrogen) atoms. The van der Waals surface area contributed by atoms with Gasteiger partial charge in [0.1, 0.15) is 11.6 Å². The summed E-state index contributed by atoms with van der Waals surface area (Å²) in [6, 6.07) is 14.8. The normalized spacial score (nSPS) is 14.4. The predicted molar refractivity (Wildman–Crippen MR) is 120 cm³/mol. The number of amides is 2. The molecule has 3 aromatic rings. The van der Waals surface area contributed by atoms with Gasteiger partial charge in [-0.15, -0.1) is 0 Å². The standard InChI is InChI=1S/C23H23ClFN5O2/c1-28-21(26-22(31)18-4-2-3-5-19(18)24)14-20(27-28)23(32)30-12-10-29(11-13-30)15-16-6-8-17(25)9-7-16/h2-9,14H,10-13,15H2,1H3,(H,26,31). The molecule has 1 aliphatic heterocycles. The Balaban J connectivity index is 1.35. The first-order valence-electron chi connectivity index (χ1n) is 10.3. The summed E-state index contributed by atoms with van der Waals surface area (Å²) in [4.78, 5) is 29.4. The number of aryl methyl sites for hydroxylation is 1. The Kier molecular flexibility index (Phi) is 6.53. The molecule has 0 aliphatic carbocycles. The largest absolute Gasteiger partial charge is 0.335 e. The van der Waals surface area contributed by atoms with Crippen molar-refractivity contribution < 1.29 is 14.0 Å². The lowest BCUT2D eigenvalue weighted by molar-refractivity contribution is 0.0622. The van der Waals surface area contributed by atoms with E-state index in [1.54, 1.807) is 54.4 Å². The molecule has 7 nitrogen and oxygen atoms in total. The first kappa shape index (κ1) is 22.0. The molecule has 9 heteroatoms. The predicted octanol–water partition coefficient (Wildman–Crippen LogP) is 3.42. The summed E-state index contributed by atoms with van der Waals surface area (Å²) < 4.78 is 14.5. The van der Waals surface area contributed by atoms with Gasteiger partial charge in [-0.3, -0.25) is 19.2 Å². The van der Waals surface area contributed by atoms with Gasteiger partial charge in [0.15, 0.2) is 5.69 Å². The summed E-state index contributed by atoms with van der Waals surface area (Å²) in [6.07, 6.45) is 0. The fraction of sp³-hybridized carbons (Fsp3) is 0.261. The van der Waals surface area contributed by atoms with Crippen LogP contribution in [0.5, 0.6) is 0 Å². The minimum Gasteiger partial charge on any atom is -0.335 e. The van der Waals surface area contributed by atoms with Gasteiger partial charge in [-0.2, -0.15) is 5.10 Å².